The molecule has 0 amide bonds. The summed E-state index contributed by atoms with van der Waals surface area (Å²) in [6.45, 7) is 11.1. The van der Waals surface area contributed by atoms with Crippen LogP contribution in [0.15, 0.2) is 18.2 Å². The van der Waals surface area contributed by atoms with Crippen molar-refractivity contribution in [1.29, 1.82) is 0 Å². The van der Waals surface area contributed by atoms with Crippen molar-refractivity contribution in [1.82, 2.24) is 4.90 Å². The van der Waals surface area contributed by atoms with Gasteiger partial charge in [-0.05, 0) is 43.7 Å². The summed E-state index contributed by atoms with van der Waals surface area (Å²) in [5.74, 6) is 0.715. The average molecular weight is 260 g/mol. The molecule has 1 aromatic rings. The van der Waals surface area contributed by atoms with E-state index in [-0.39, 0.29) is 6.04 Å². The quantitative estimate of drug-likeness (QED) is 0.849. The molecule has 106 valence electrons. The molecule has 1 aromatic carbocycles. The summed E-state index contributed by atoms with van der Waals surface area (Å²) in [5.41, 5.74) is 10.4. The highest BCUT2D eigenvalue weighted by Crippen LogP contribution is 2.29. The molecule has 2 nitrogen and oxygen atoms in total. The van der Waals surface area contributed by atoms with Crippen LogP contribution in [0.5, 0.6) is 0 Å². The number of hydrogen-bond acceptors (Lipinski definition) is 2. The molecule has 0 bridgehead atoms. The van der Waals surface area contributed by atoms with Crippen molar-refractivity contribution < 1.29 is 0 Å². The van der Waals surface area contributed by atoms with Crippen molar-refractivity contribution in [3.63, 3.8) is 0 Å². The largest absolute Gasteiger partial charge is 0.323 e. The minimum atomic E-state index is 0.139. The Morgan fingerprint density at radius 2 is 1.89 bits per heavy atom. The van der Waals surface area contributed by atoms with E-state index in [1.165, 1.54) is 36.1 Å². The summed E-state index contributed by atoms with van der Waals surface area (Å²) in [5, 5.41) is 0. The molecule has 2 heteroatoms. The maximum Gasteiger partial charge on any atom is 0.0427 e. The molecule has 1 aliphatic carbocycles. The van der Waals surface area contributed by atoms with Crippen LogP contribution in [0, 0.1) is 19.8 Å². The number of aryl methyl sites for hydroxylation is 2. The van der Waals surface area contributed by atoms with Crippen LogP contribution < -0.4 is 5.73 Å². The standard InChI is InChI=1S/C17H28N2/c1-12(2)10-19(15-6-7-15)11-17(18)16-8-5-13(3)9-14(16)4/h5,8-9,12,15,17H,6-7,10-11,18H2,1-4H3. The molecule has 0 heterocycles. The summed E-state index contributed by atoms with van der Waals surface area (Å²) < 4.78 is 0. The highest BCUT2D eigenvalue weighted by molar-refractivity contribution is 5.32. The second-order valence-corrected chi connectivity index (χ2v) is 6.55. The second kappa shape index (κ2) is 6.06. The molecular weight excluding hydrogens is 232 g/mol. The molecule has 1 fully saturated rings. The van der Waals surface area contributed by atoms with Gasteiger partial charge in [0.1, 0.15) is 0 Å². The van der Waals surface area contributed by atoms with Gasteiger partial charge in [0.15, 0.2) is 0 Å². The van der Waals surface area contributed by atoms with Crippen LogP contribution in [0.3, 0.4) is 0 Å². The van der Waals surface area contributed by atoms with Gasteiger partial charge in [-0.25, -0.2) is 0 Å². The van der Waals surface area contributed by atoms with Crippen LogP contribution in [0.1, 0.15) is 49.4 Å². The molecule has 0 aliphatic heterocycles. The first kappa shape index (κ1) is 14.5. The Bertz CT molecular complexity index is 421. The van der Waals surface area contributed by atoms with Crippen LogP contribution in [0.4, 0.5) is 0 Å². The fourth-order valence-corrected chi connectivity index (χ4v) is 2.87. The molecule has 1 saturated carbocycles. The van der Waals surface area contributed by atoms with E-state index < -0.39 is 0 Å². The molecular formula is C17H28N2. The predicted molar refractivity (Wildman–Crippen MR) is 82.3 cm³/mol. The lowest BCUT2D eigenvalue weighted by atomic mass is 9.99. The predicted octanol–water partition coefficient (Wildman–Crippen LogP) is 3.42. The number of nitrogens with two attached hydrogens (primary N) is 1. The van der Waals surface area contributed by atoms with Crippen molar-refractivity contribution in [3.8, 4) is 0 Å². The zero-order valence-corrected chi connectivity index (χ0v) is 12.8. The molecule has 0 saturated heterocycles. The summed E-state index contributed by atoms with van der Waals surface area (Å²) in [4.78, 5) is 2.59. The Hall–Kier alpha value is -0.860. The lowest BCUT2D eigenvalue weighted by molar-refractivity contribution is 0.221. The fourth-order valence-electron chi connectivity index (χ4n) is 2.87. The Labute approximate surface area is 118 Å². The molecule has 1 unspecified atom stereocenters. The monoisotopic (exact) mass is 260 g/mol. The third-order valence-electron chi connectivity index (χ3n) is 3.92. The van der Waals surface area contributed by atoms with Crippen LogP contribution in [-0.4, -0.2) is 24.0 Å². The Morgan fingerprint density at radius 3 is 2.42 bits per heavy atom. The van der Waals surface area contributed by atoms with Crippen molar-refractivity contribution in [3.05, 3.63) is 34.9 Å². The third-order valence-corrected chi connectivity index (χ3v) is 3.92. The zero-order chi connectivity index (χ0) is 14.0. The van der Waals surface area contributed by atoms with Crippen LogP contribution >= 0.6 is 0 Å². The zero-order valence-electron chi connectivity index (χ0n) is 12.8. The molecule has 19 heavy (non-hydrogen) atoms. The first-order valence-electron chi connectivity index (χ1n) is 7.54. The van der Waals surface area contributed by atoms with Gasteiger partial charge in [-0.15, -0.1) is 0 Å². The minimum absolute atomic E-state index is 0.139. The smallest absolute Gasteiger partial charge is 0.0427 e. The number of nitrogens with zero attached hydrogens (tertiary/aromatic N) is 1. The lowest BCUT2D eigenvalue weighted by Crippen LogP contribution is -2.36. The maximum absolute atomic E-state index is 6.45. The van der Waals surface area contributed by atoms with Crippen LogP contribution in [-0.2, 0) is 0 Å². The topological polar surface area (TPSA) is 29.3 Å². The van der Waals surface area contributed by atoms with Crippen LogP contribution in [0.25, 0.3) is 0 Å². The highest BCUT2D eigenvalue weighted by Gasteiger charge is 2.30. The van der Waals surface area contributed by atoms with E-state index in [4.69, 9.17) is 5.73 Å². The Kier molecular flexibility index (Phi) is 4.64. The Balaban J connectivity index is 2.03. The first-order chi connectivity index (χ1) is 8.97. The van der Waals surface area contributed by atoms with Gasteiger partial charge in [-0.1, -0.05) is 37.6 Å². The van der Waals surface area contributed by atoms with E-state index in [0.717, 1.165) is 12.6 Å². The van der Waals surface area contributed by atoms with E-state index in [2.05, 4.69) is 50.8 Å². The third kappa shape index (κ3) is 4.05. The molecule has 2 rings (SSSR count). The van der Waals surface area contributed by atoms with Crippen molar-refractivity contribution in [2.45, 2.75) is 52.6 Å². The summed E-state index contributed by atoms with van der Waals surface area (Å²) in [6, 6.07) is 7.54. The van der Waals surface area contributed by atoms with E-state index in [1.807, 2.05) is 0 Å². The first-order valence-corrected chi connectivity index (χ1v) is 7.54. The second-order valence-electron chi connectivity index (χ2n) is 6.55. The van der Waals surface area contributed by atoms with Gasteiger partial charge in [0.2, 0.25) is 0 Å². The SMILES string of the molecule is Cc1ccc(C(N)CN(CC(C)C)C2CC2)c(C)c1. The van der Waals surface area contributed by atoms with Crippen molar-refractivity contribution in [2.24, 2.45) is 11.7 Å². The maximum atomic E-state index is 6.45. The normalized spacial score (nSPS) is 17.2. The van der Waals surface area contributed by atoms with Crippen molar-refractivity contribution >= 4 is 0 Å². The summed E-state index contributed by atoms with van der Waals surface area (Å²) >= 11 is 0. The van der Waals surface area contributed by atoms with Gasteiger partial charge in [0.05, 0.1) is 0 Å². The van der Waals surface area contributed by atoms with E-state index >= 15 is 0 Å². The lowest BCUT2D eigenvalue weighted by Gasteiger charge is -2.28. The van der Waals surface area contributed by atoms with Gasteiger partial charge in [-0.2, -0.15) is 0 Å². The van der Waals surface area contributed by atoms with E-state index in [9.17, 15) is 0 Å². The number of hydrogen-bond donors (Lipinski definition) is 1. The average Bonchev–Trinajstić information content (AvgIpc) is 3.10. The van der Waals surface area contributed by atoms with Crippen LogP contribution in [0.2, 0.25) is 0 Å². The minimum Gasteiger partial charge on any atom is -0.323 e. The van der Waals surface area contributed by atoms with Gasteiger partial charge < -0.3 is 5.73 Å². The Morgan fingerprint density at radius 1 is 1.21 bits per heavy atom. The highest BCUT2D eigenvalue weighted by atomic mass is 15.2. The molecule has 0 aromatic heterocycles. The molecule has 1 aliphatic rings. The summed E-state index contributed by atoms with van der Waals surface area (Å²) in [6.07, 6.45) is 2.71. The molecule has 2 N–H and O–H groups in total. The molecule has 1 atom stereocenters. The van der Waals surface area contributed by atoms with Gasteiger partial charge in [0, 0.05) is 25.2 Å². The number of benzene rings is 1. The molecule has 0 spiro atoms. The van der Waals surface area contributed by atoms with E-state index in [1.54, 1.807) is 0 Å². The molecule has 0 radical (unpaired) electrons. The van der Waals surface area contributed by atoms with Gasteiger partial charge in [0.25, 0.3) is 0 Å². The fraction of sp³-hybridized carbons (Fsp3) is 0.647. The van der Waals surface area contributed by atoms with Crippen molar-refractivity contribution in [2.75, 3.05) is 13.1 Å². The van der Waals surface area contributed by atoms with Gasteiger partial charge in [-0.3, -0.25) is 4.90 Å². The van der Waals surface area contributed by atoms with E-state index in [0.29, 0.717) is 5.92 Å². The number of rotatable bonds is 6. The summed E-state index contributed by atoms with van der Waals surface area (Å²) in [7, 11) is 0. The van der Waals surface area contributed by atoms with Gasteiger partial charge >= 0.3 is 0 Å².